The lowest BCUT2D eigenvalue weighted by Gasteiger charge is -2.08. The van der Waals surface area contributed by atoms with Gasteiger partial charge in [0.05, 0.1) is 11.8 Å². The SMILES string of the molecule is O/N=C/c1c(SCc2cccc(C(F)(F)F)c2)nc2sccn12. The standard InChI is InChI=1S/C14H10F3N3OS2/c15-14(16,17)10-3-1-2-9(6-10)8-23-12-11(7-18-21)20-4-5-22-13(20)19-12/h1-7,21H,8H2/b18-7+. The predicted molar refractivity (Wildman–Crippen MR) is 83.5 cm³/mol. The first-order valence-electron chi connectivity index (χ1n) is 6.41. The van der Waals surface area contributed by atoms with Crippen molar-refractivity contribution in [2.45, 2.75) is 17.0 Å². The maximum atomic E-state index is 12.7. The van der Waals surface area contributed by atoms with Crippen molar-refractivity contribution in [1.29, 1.82) is 0 Å². The van der Waals surface area contributed by atoms with Crippen LogP contribution >= 0.6 is 23.1 Å². The average Bonchev–Trinajstić information content (AvgIpc) is 3.08. The minimum absolute atomic E-state index is 0.334. The van der Waals surface area contributed by atoms with E-state index in [9.17, 15) is 13.2 Å². The number of fused-ring (bicyclic) bond motifs is 1. The van der Waals surface area contributed by atoms with Gasteiger partial charge in [-0.05, 0) is 11.6 Å². The molecule has 23 heavy (non-hydrogen) atoms. The second kappa shape index (κ2) is 6.25. The fraction of sp³-hybridized carbons (Fsp3) is 0.143. The summed E-state index contributed by atoms with van der Waals surface area (Å²) in [6, 6.07) is 5.21. The van der Waals surface area contributed by atoms with Crippen molar-refractivity contribution >= 4 is 34.3 Å². The van der Waals surface area contributed by atoms with Crippen LogP contribution in [0.1, 0.15) is 16.8 Å². The molecule has 0 atom stereocenters. The van der Waals surface area contributed by atoms with Gasteiger partial charge in [-0.25, -0.2) is 4.98 Å². The van der Waals surface area contributed by atoms with Gasteiger partial charge in [-0.1, -0.05) is 35.1 Å². The van der Waals surface area contributed by atoms with E-state index in [4.69, 9.17) is 5.21 Å². The maximum absolute atomic E-state index is 12.7. The van der Waals surface area contributed by atoms with E-state index in [1.807, 2.05) is 5.38 Å². The zero-order chi connectivity index (χ0) is 16.4. The molecule has 2 heterocycles. The zero-order valence-electron chi connectivity index (χ0n) is 11.5. The molecule has 9 heteroatoms. The first-order chi connectivity index (χ1) is 11.0. The molecule has 1 aromatic carbocycles. The van der Waals surface area contributed by atoms with Gasteiger partial charge < -0.3 is 5.21 Å². The van der Waals surface area contributed by atoms with Crippen LogP contribution in [0.25, 0.3) is 4.96 Å². The molecule has 0 bridgehead atoms. The summed E-state index contributed by atoms with van der Waals surface area (Å²) in [4.78, 5) is 5.13. The molecule has 4 nitrogen and oxygen atoms in total. The molecule has 3 aromatic rings. The minimum Gasteiger partial charge on any atom is -0.411 e. The highest BCUT2D eigenvalue weighted by atomic mass is 32.2. The molecule has 2 aromatic heterocycles. The highest BCUT2D eigenvalue weighted by molar-refractivity contribution is 7.98. The molecule has 3 rings (SSSR count). The molecule has 0 aliphatic heterocycles. The van der Waals surface area contributed by atoms with E-state index in [-0.39, 0.29) is 0 Å². The van der Waals surface area contributed by atoms with Gasteiger partial charge in [0.1, 0.15) is 10.7 Å². The third-order valence-corrected chi connectivity index (χ3v) is 4.88. The van der Waals surface area contributed by atoms with E-state index >= 15 is 0 Å². The smallest absolute Gasteiger partial charge is 0.411 e. The van der Waals surface area contributed by atoms with Crippen molar-refractivity contribution in [2.75, 3.05) is 0 Å². The number of hydrogen-bond acceptors (Lipinski definition) is 5. The summed E-state index contributed by atoms with van der Waals surface area (Å²) in [6.45, 7) is 0. The monoisotopic (exact) mass is 357 g/mol. The summed E-state index contributed by atoms with van der Waals surface area (Å²) in [5.74, 6) is 0.334. The van der Waals surface area contributed by atoms with Gasteiger partial charge in [-0.3, -0.25) is 4.40 Å². The van der Waals surface area contributed by atoms with Crippen molar-refractivity contribution in [3.05, 3.63) is 52.7 Å². The third kappa shape index (κ3) is 3.35. The minimum atomic E-state index is -4.35. The summed E-state index contributed by atoms with van der Waals surface area (Å²) in [5.41, 5.74) is 0.479. The van der Waals surface area contributed by atoms with E-state index in [2.05, 4.69) is 10.1 Å². The van der Waals surface area contributed by atoms with E-state index in [1.165, 1.54) is 35.4 Å². The number of oxime groups is 1. The number of hydrogen-bond donors (Lipinski definition) is 1. The van der Waals surface area contributed by atoms with Gasteiger partial charge in [0.15, 0.2) is 4.96 Å². The summed E-state index contributed by atoms with van der Waals surface area (Å²) < 4.78 is 39.9. The van der Waals surface area contributed by atoms with Crippen LogP contribution in [0, 0.1) is 0 Å². The number of thioether (sulfide) groups is 1. The van der Waals surface area contributed by atoms with Crippen LogP contribution in [0.5, 0.6) is 0 Å². The second-order valence-corrected chi connectivity index (χ2v) is 6.43. The Bertz CT molecular complexity index is 854. The Morgan fingerprint density at radius 1 is 1.39 bits per heavy atom. The highest BCUT2D eigenvalue weighted by Gasteiger charge is 2.30. The van der Waals surface area contributed by atoms with Crippen LogP contribution in [-0.2, 0) is 11.9 Å². The fourth-order valence-corrected chi connectivity index (χ4v) is 3.76. The Morgan fingerprint density at radius 3 is 2.96 bits per heavy atom. The number of rotatable bonds is 4. The second-order valence-electron chi connectivity index (χ2n) is 4.59. The van der Waals surface area contributed by atoms with E-state index in [1.54, 1.807) is 16.7 Å². The lowest BCUT2D eigenvalue weighted by Crippen LogP contribution is -2.04. The summed E-state index contributed by atoms with van der Waals surface area (Å²) in [7, 11) is 0. The normalized spacial score (nSPS) is 12.5. The molecule has 0 unspecified atom stereocenters. The molecular formula is C14H10F3N3OS2. The van der Waals surface area contributed by atoms with Crippen LogP contribution in [0.15, 0.2) is 46.0 Å². The molecule has 1 N–H and O–H groups in total. The van der Waals surface area contributed by atoms with Gasteiger partial charge in [0, 0.05) is 17.3 Å². The fourth-order valence-electron chi connectivity index (χ4n) is 2.05. The Kier molecular flexibility index (Phi) is 4.31. The number of halogens is 3. The third-order valence-electron chi connectivity index (χ3n) is 3.08. The Labute approximate surface area is 137 Å². The Hall–Kier alpha value is -2.00. The first kappa shape index (κ1) is 15.9. The molecule has 0 saturated carbocycles. The van der Waals surface area contributed by atoms with Crippen LogP contribution < -0.4 is 0 Å². The Morgan fingerprint density at radius 2 is 2.22 bits per heavy atom. The van der Waals surface area contributed by atoms with Crippen molar-refractivity contribution in [2.24, 2.45) is 5.16 Å². The maximum Gasteiger partial charge on any atom is 0.416 e. The molecule has 0 spiro atoms. The number of alkyl halides is 3. The lowest BCUT2D eigenvalue weighted by molar-refractivity contribution is -0.137. The summed E-state index contributed by atoms with van der Waals surface area (Å²) in [6.07, 6.45) is -1.30. The molecule has 0 radical (unpaired) electrons. The number of benzene rings is 1. The van der Waals surface area contributed by atoms with E-state index in [0.717, 1.165) is 17.1 Å². The molecular weight excluding hydrogens is 347 g/mol. The van der Waals surface area contributed by atoms with Gasteiger partial charge in [-0.15, -0.1) is 11.3 Å². The predicted octanol–water partition coefficient (Wildman–Crippen LogP) is 4.52. The quantitative estimate of drug-likeness (QED) is 0.323. The van der Waals surface area contributed by atoms with Crippen molar-refractivity contribution in [3.8, 4) is 0 Å². The average molecular weight is 357 g/mol. The first-order valence-corrected chi connectivity index (χ1v) is 8.27. The van der Waals surface area contributed by atoms with Crippen LogP contribution in [-0.4, -0.2) is 20.8 Å². The molecule has 120 valence electrons. The molecule has 0 amide bonds. The number of aromatic nitrogens is 2. The van der Waals surface area contributed by atoms with Gasteiger partial charge in [-0.2, -0.15) is 13.2 Å². The molecule has 0 saturated heterocycles. The zero-order valence-corrected chi connectivity index (χ0v) is 13.1. The molecule has 0 aliphatic rings. The summed E-state index contributed by atoms with van der Waals surface area (Å²) in [5, 5.41) is 14.2. The number of nitrogens with zero attached hydrogens (tertiary/aromatic N) is 3. The number of thiazole rings is 1. The van der Waals surface area contributed by atoms with Crippen molar-refractivity contribution in [3.63, 3.8) is 0 Å². The van der Waals surface area contributed by atoms with Gasteiger partial charge in [0.2, 0.25) is 0 Å². The van der Waals surface area contributed by atoms with Crippen LogP contribution in [0.4, 0.5) is 13.2 Å². The summed E-state index contributed by atoms with van der Waals surface area (Å²) >= 11 is 2.72. The number of imidazole rings is 1. The van der Waals surface area contributed by atoms with Crippen LogP contribution in [0.3, 0.4) is 0 Å². The van der Waals surface area contributed by atoms with Gasteiger partial charge >= 0.3 is 6.18 Å². The largest absolute Gasteiger partial charge is 0.416 e. The molecule has 0 fully saturated rings. The van der Waals surface area contributed by atoms with Gasteiger partial charge in [0.25, 0.3) is 0 Å². The van der Waals surface area contributed by atoms with Crippen LogP contribution in [0.2, 0.25) is 0 Å². The highest BCUT2D eigenvalue weighted by Crippen LogP contribution is 2.32. The van der Waals surface area contributed by atoms with Crippen molar-refractivity contribution < 1.29 is 18.4 Å². The topological polar surface area (TPSA) is 49.9 Å². The van der Waals surface area contributed by atoms with E-state index in [0.29, 0.717) is 22.0 Å². The van der Waals surface area contributed by atoms with Crippen molar-refractivity contribution in [1.82, 2.24) is 9.38 Å². The molecule has 0 aliphatic carbocycles. The Balaban J connectivity index is 1.84. The van der Waals surface area contributed by atoms with E-state index < -0.39 is 11.7 Å². The lowest BCUT2D eigenvalue weighted by atomic mass is 10.1.